The van der Waals surface area contributed by atoms with Crippen molar-refractivity contribution in [2.45, 2.75) is 140 Å². The third kappa shape index (κ3) is 11.8. The second-order valence-electron chi connectivity index (χ2n) is 17.6. The number of hydrogen-bond donors (Lipinski definition) is 0. The Bertz CT molecular complexity index is 2500. The van der Waals surface area contributed by atoms with E-state index in [1.54, 1.807) is 36.4 Å². The zero-order chi connectivity index (χ0) is 46.6. The summed E-state index contributed by atoms with van der Waals surface area (Å²) in [5.41, 5.74) is 3.59. The van der Waals surface area contributed by atoms with Crippen molar-refractivity contribution in [3.63, 3.8) is 0 Å². The van der Waals surface area contributed by atoms with Gasteiger partial charge in [0.15, 0.2) is 5.71 Å². The van der Waals surface area contributed by atoms with Crippen molar-refractivity contribution in [2.75, 3.05) is 13.2 Å². The van der Waals surface area contributed by atoms with Crippen LogP contribution >= 0.6 is 0 Å². The molecule has 0 aromatic heterocycles. The Morgan fingerprint density at radius 1 is 0.746 bits per heavy atom. The Kier molecular flexibility index (Phi) is 15.5. The summed E-state index contributed by atoms with van der Waals surface area (Å²) in [7, 11) is -8.93. The predicted molar refractivity (Wildman–Crippen MR) is 241 cm³/mol. The van der Waals surface area contributed by atoms with Crippen molar-refractivity contribution < 1.29 is 48.0 Å². The summed E-state index contributed by atoms with van der Waals surface area (Å²) < 4.78 is 119. The molecule has 342 valence electrons. The van der Waals surface area contributed by atoms with Crippen LogP contribution < -0.4 is 9.47 Å². The summed E-state index contributed by atoms with van der Waals surface area (Å²) in [6.45, 7) is 21.8. The molecule has 1 aliphatic rings. The SMILES string of the molecule is CC(C)c1cc(C(C)C)c(S(=O)(=O)O/N=C(\c2ccc(OCCCOc3ccc(C4=NOS(=O)(=O)c5c(C(C)C)cc(C(C)C)cc5C(C)C4)cc3)cc2)C(F)(F)F)c(C(C)C)c1. The average molecular weight is 913 g/mol. The molecule has 1 aliphatic heterocycles. The first-order chi connectivity index (χ1) is 29.4. The van der Waals surface area contributed by atoms with Gasteiger partial charge in [0.05, 0.1) is 18.9 Å². The van der Waals surface area contributed by atoms with E-state index in [1.165, 1.54) is 12.1 Å². The number of alkyl halides is 3. The minimum Gasteiger partial charge on any atom is -0.493 e. The minimum absolute atomic E-state index is 0.0357. The Balaban J connectivity index is 1.20. The summed E-state index contributed by atoms with van der Waals surface area (Å²) in [5, 5.41) is 7.32. The molecule has 4 aromatic carbocycles. The first-order valence-corrected chi connectivity index (χ1v) is 24.1. The number of benzene rings is 4. The van der Waals surface area contributed by atoms with Crippen LogP contribution in [0.1, 0.15) is 169 Å². The molecule has 0 spiro atoms. The second-order valence-corrected chi connectivity index (χ2v) is 20.5. The summed E-state index contributed by atoms with van der Waals surface area (Å²) in [6, 6.07) is 19.5. The van der Waals surface area contributed by atoms with Crippen LogP contribution in [0.4, 0.5) is 13.2 Å². The van der Waals surface area contributed by atoms with Gasteiger partial charge in [0, 0.05) is 18.4 Å². The number of halogens is 3. The Morgan fingerprint density at radius 2 is 1.22 bits per heavy atom. The van der Waals surface area contributed by atoms with Gasteiger partial charge in [-0.15, -0.1) is 0 Å². The molecule has 0 saturated heterocycles. The van der Waals surface area contributed by atoms with E-state index in [2.05, 4.69) is 24.2 Å². The van der Waals surface area contributed by atoms with Gasteiger partial charge >= 0.3 is 26.4 Å². The predicted octanol–water partition coefficient (Wildman–Crippen LogP) is 12.4. The Labute approximate surface area is 371 Å². The van der Waals surface area contributed by atoms with Crippen LogP contribution in [0.2, 0.25) is 0 Å². The molecule has 15 heteroatoms. The van der Waals surface area contributed by atoms with Crippen LogP contribution in [-0.4, -0.2) is 47.6 Å². The minimum atomic E-state index is -5.03. The summed E-state index contributed by atoms with van der Waals surface area (Å²) >= 11 is 0. The second kappa shape index (κ2) is 19.9. The fourth-order valence-electron chi connectivity index (χ4n) is 7.32. The number of fused-ring (bicyclic) bond motifs is 1. The molecule has 5 rings (SSSR count). The highest BCUT2D eigenvalue weighted by Gasteiger charge is 2.39. The number of hydrogen-bond acceptors (Lipinski definition) is 10. The molecule has 1 atom stereocenters. The van der Waals surface area contributed by atoms with Crippen LogP contribution in [0.25, 0.3) is 0 Å². The Morgan fingerprint density at radius 3 is 1.70 bits per heavy atom. The summed E-state index contributed by atoms with van der Waals surface area (Å²) in [6.07, 6.45) is -4.15. The molecular formula is C48H59F3N2O8S2. The average Bonchev–Trinajstić information content (AvgIpc) is 3.20. The molecule has 0 amide bonds. The van der Waals surface area contributed by atoms with E-state index in [0.29, 0.717) is 41.0 Å². The van der Waals surface area contributed by atoms with Gasteiger partial charge in [0.2, 0.25) is 0 Å². The molecule has 1 unspecified atom stereocenters. The van der Waals surface area contributed by atoms with Gasteiger partial charge in [-0.3, -0.25) is 8.57 Å². The van der Waals surface area contributed by atoms with Crippen LogP contribution in [0, 0.1) is 0 Å². The van der Waals surface area contributed by atoms with Crippen molar-refractivity contribution >= 4 is 31.7 Å². The first-order valence-electron chi connectivity index (χ1n) is 21.3. The van der Waals surface area contributed by atoms with Gasteiger partial charge in [-0.2, -0.15) is 30.0 Å². The zero-order valence-electron chi connectivity index (χ0n) is 37.8. The van der Waals surface area contributed by atoms with E-state index in [4.69, 9.17) is 18.0 Å². The fraction of sp³-hybridized carbons (Fsp3) is 0.458. The van der Waals surface area contributed by atoms with Gasteiger partial charge in [0.1, 0.15) is 21.3 Å². The quantitative estimate of drug-likeness (QED) is 0.0617. The number of nitrogens with zero attached hydrogens (tertiary/aromatic N) is 2. The van der Waals surface area contributed by atoms with E-state index >= 15 is 0 Å². The van der Waals surface area contributed by atoms with Gasteiger partial charge < -0.3 is 9.47 Å². The molecule has 10 nitrogen and oxygen atoms in total. The highest BCUT2D eigenvalue weighted by atomic mass is 32.2. The van der Waals surface area contributed by atoms with E-state index in [0.717, 1.165) is 34.4 Å². The highest BCUT2D eigenvalue weighted by Crippen LogP contribution is 2.40. The maximum Gasteiger partial charge on any atom is 0.437 e. The molecule has 0 fully saturated rings. The van der Waals surface area contributed by atoms with Crippen molar-refractivity contribution in [2.24, 2.45) is 10.3 Å². The van der Waals surface area contributed by atoms with E-state index in [-0.39, 0.29) is 64.3 Å². The summed E-state index contributed by atoms with van der Waals surface area (Å²) in [4.78, 5) is 0.0375. The van der Waals surface area contributed by atoms with Crippen molar-refractivity contribution in [1.29, 1.82) is 0 Å². The van der Waals surface area contributed by atoms with Crippen LogP contribution in [0.5, 0.6) is 11.5 Å². The molecule has 1 heterocycles. The third-order valence-corrected chi connectivity index (χ3v) is 13.4. The molecular weight excluding hydrogens is 854 g/mol. The molecule has 0 saturated carbocycles. The lowest BCUT2D eigenvalue weighted by molar-refractivity contribution is -0.0597. The van der Waals surface area contributed by atoms with Gasteiger partial charge in [-0.1, -0.05) is 111 Å². The normalized spacial score (nSPS) is 15.9. The maximum atomic E-state index is 14.3. The lowest BCUT2D eigenvalue weighted by Crippen LogP contribution is -2.25. The van der Waals surface area contributed by atoms with Gasteiger partial charge in [-0.25, -0.2) is 0 Å². The molecule has 63 heavy (non-hydrogen) atoms. The summed E-state index contributed by atoms with van der Waals surface area (Å²) in [5.74, 6) is 0.441. The van der Waals surface area contributed by atoms with Crippen molar-refractivity contribution in [3.05, 3.63) is 117 Å². The van der Waals surface area contributed by atoms with Crippen LogP contribution in [0.15, 0.2) is 92.9 Å². The number of oxime groups is 2. The largest absolute Gasteiger partial charge is 0.493 e. The monoisotopic (exact) mass is 912 g/mol. The lowest BCUT2D eigenvalue weighted by Gasteiger charge is -2.25. The van der Waals surface area contributed by atoms with Crippen LogP contribution in [-0.2, 0) is 28.8 Å². The van der Waals surface area contributed by atoms with E-state index in [9.17, 15) is 30.0 Å². The topological polar surface area (TPSA) is 130 Å². The lowest BCUT2D eigenvalue weighted by atomic mass is 9.86. The van der Waals surface area contributed by atoms with Gasteiger partial charge in [-0.05, 0) is 123 Å². The molecule has 0 N–H and O–H groups in total. The third-order valence-electron chi connectivity index (χ3n) is 10.9. The smallest absolute Gasteiger partial charge is 0.437 e. The fourth-order valence-corrected chi connectivity index (χ4v) is 10.1. The standard InChI is InChI=1S/C48H59F3N2O8S2/c1-28(2)36-24-40(30(5)6)45(41(25-36)31(7)8)62(54,55)61-53-47(48(49,50)51)35-15-19-39(20-16-35)59-22-12-21-58-38-17-13-34(14-18-38)44-23-33(11)43-27-37(29(3)4)26-42(32(9)10)46(43)63(56,57)60-52-44/h13-20,24-33H,12,21-23H2,1-11H3/b52-44?,53-47+. The highest BCUT2D eigenvalue weighted by molar-refractivity contribution is 7.87. The van der Waals surface area contributed by atoms with Crippen LogP contribution in [0.3, 0.4) is 0 Å². The van der Waals surface area contributed by atoms with Gasteiger partial charge in [0.25, 0.3) is 0 Å². The first kappa shape index (κ1) is 49.1. The Hall–Kier alpha value is -4.89. The molecule has 0 aliphatic carbocycles. The molecule has 0 bridgehead atoms. The zero-order valence-corrected chi connectivity index (χ0v) is 39.5. The van der Waals surface area contributed by atoms with Crippen molar-refractivity contribution in [1.82, 2.24) is 0 Å². The number of ether oxygens (including phenoxy) is 2. The van der Waals surface area contributed by atoms with E-state index < -0.39 is 37.7 Å². The van der Waals surface area contributed by atoms with E-state index in [1.807, 2.05) is 74.4 Å². The van der Waals surface area contributed by atoms with Crippen molar-refractivity contribution in [3.8, 4) is 11.5 Å². The maximum absolute atomic E-state index is 14.3. The number of rotatable bonds is 16. The molecule has 0 radical (unpaired) electrons. The molecule has 4 aromatic rings.